The predicted molar refractivity (Wildman–Crippen MR) is 18.0 cm³/mol. The van der Waals surface area contributed by atoms with Crippen molar-refractivity contribution in [2.75, 3.05) is 0 Å². The third kappa shape index (κ3) is 2.44. The van der Waals surface area contributed by atoms with Gasteiger partial charge in [0.15, 0.2) is 0 Å². The fourth-order valence-electron chi connectivity index (χ4n) is 0.112. The SMILES string of the molecule is O=COC(F)C(F)F. The molecule has 0 aliphatic carbocycles. The van der Waals surface area contributed by atoms with E-state index < -0.39 is 12.8 Å². The summed E-state index contributed by atoms with van der Waals surface area (Å²) < 4.78 is 36.4. The van der Waals surface area contributed by atoms with Crippen molar-refractivity contribution in [3.05, 3.63) is 0 Å². The molecule has 1 atom stereocenters. The lowest BCUT2D eigenvalue weighted by atomic mass is 10.7. The molecule has 48 valence electrons. The molecule has 0 rings (SSSR count). The molecule has 0 spiro atoms. The number of carbonyl (C=O) groups is 1. The maximum atomic E-state index is 11.3. The third-order valence-electron chi connectivity index (χ3n) is 0.384. The van der Waals surface area contributed by atoms with Gasteiger partial charge in [0.2, 0.25) is 0 Å². The van der Waals surface area contributed by atoms with Crippen LogP contribution in [0.2, 0.25) is 0 Å². The van der Waals surface area contributed by atoms with Gasteiger partial charge in [-0.1, -0.05) is 0 Å². The largest absolute Gasteiger partial charge is 0.427 e. The summed E-state index contributed by atoms with van der Waals surface area (Å²) >= 11 is 0. The fourth-order valence-corrected chi connectivity index (χ4v) is 0.112. The van der Waals surface area contributed by atoms with Crippen molar-refractivity contribution in [2.45, 2.75) is 12.8 Å². The molecular weight excluding hydrogens is 125 g/mol. The van der Waals surface area contributed by atoms with Crippen molar-refractivity contribution < 1.29 is 22.7 Å². The van der Waals surface area contributed by atoms with Crippen LogP contribution in [0.3, 0.4) is 0 Å². The van der Waals surface area contributed by atoms with Crippen molar-refractivity contribution in [3.8, 4) is 0 Å². The third-order valence-corrected chi connectivity index (χ3v) is 0.384. The van der Waals surface area contributed by atoms with E-state index in [0.29, 0.717) is 0 Å². The fraction of sp³-hybridized carbons (Fsp3) is 0.667. The van der Waals surface area contributed by atoms with E-state index in [0.717, 1.165) is 0 Å². The van der Waals surface area contributed by atoms with E-state index in [1.54, 1.807) is 0 Å². The van der Waals surface area contributed by atoms with Crippen LogP contribution in [0.1, 0.15) is 0 Å². The van der Waals surface area contributed by atoms with Crippen LogP contribution >= 0.6 is 0 Å². The van der Waals surface area contributed by atoms with Crippen molar-refractivity contribution in [1.82, 2.24) is 0 Å². The zero-order valence-electron chi connectivity index (χ0n) is 3.68. The van der Waals surface area contributed by atoms with Gasteiger partial charge < -0.3 is 4.74 Å². The first-order chi connectivity index (χ1) is 3.68. The van der Waals surface area contributed by atoms with E-state index >= 15 is 0 Å². The number of alkyl halides is 3. The zero-order valence-corrected chi connectivity index (χ0v) is 3.68. The summed E-state index contributed by atoms with van der Waals surface area (Å²) in [7, 11) is 0. The van der Waals surface area contributed by atoms with E-state index in [1.807, 2.05) is 0 Å². The molecular formula is C3H3F3O2. The molecule has 0 saturated heterocycles. The summed E-state index contributed by atoms with van der Waals surface area (Å²) in [5.74, 6) is 0. The lowest BCUT2D eigenvalue weighted by molar-refractivity contribution is -0.158. The molecule has 0 aromatic heterocycles. The second-order valence-corrected chi connectivity index (χ2v) is 0.918. The van der Waals surface area contributed by atoms with Gasteiger partial charge in [-0.2, -0.15) is 4.39 Å². The van der Waals surface area contributed by atoms with Crippen LogP contribution in [0.15, 0.2) is 0 Å². The summed E-state index contributed by atoms with van der Waals surface area (Å²) in [5.41, 5.74) is 0. The molecule has 0 heterocycles. The van der Waals surface area contributed by atoms with Gasteiger partial charge in [0.05, 0.1) is 0 Å². The second-order valence-electron chi connectivity index (χ2n) is 0.918. The molecule has 5 heteroatoms. The Morgan fingerprint density at radius 3 is 2.00 bits per heavy atom. The molecule has 0 bridgehead atoms. The number of rotatable bonds is 3. The lowest BCUT2D eigenvalue weighted by Gasteiger charge is -2.01. The van der Waals surface area contributed by atoms with Gasteiger partial charge in [0.25, 0.3) is 6.47 Å². The Balaban J connectivity index is 3.30. The van der Waals surface area contributed by atoms with Crippen molar-refractivity contribution in [2.24, 2.45) is 0 Å². The van der Waals surface area contributed by atoms with Crippen LogP contribution in [0.5, 0.6) is 0 Å². The van der Waals surface area contributed by atoms with Crippen LogP contribution in [-0.4, -0.2) is 19.3 Å². The molecule has 0 aliphatic rings. The average molecular weight is 128 g/mol. The predicted octanol–water partition coefficient (Wildman–Crippen LogP) is 0.720. The highest BCUT2D eigenvalue weighted by molar-refractivity contribution is 5.37. The van der Waals surface area contributed by atoms with Gasteiger partial charge in [-0.25, -0.2) is 8.78 Å². The summed E-state index contributed by atoms with van der Waals surface area (Å²) in [6, 6.07) is 0. The van der Waals surface area contributed by atoms with Gasteiger partial charge in [-0.05, 0) is 0 Å². The second kappa shape index (κ2) is 3.29. The minimum absolute atomic E-state index is 0.364. The smallest absolute Gasteiger partial charge is 0.304 e. The topological polar surface area (TPSA) is 26.3 Å². The summed E-state index contributed by atoms with van der Waals surface area (Å²) in [4.78, 5) is 9.12. The zero-order chi connectivity index (χ0) is 6.57. The van der Waals surface area contributed by atoms with Gasteiger partial charge in [-0.3, -0.25) is 4.79 Å². The Kier molecular flexibility index (Phi) is 2.98. The molecule has 8 heavy (non-hydrogen) atoms. The van der Waals surface area contributed by atoms with Gasteiger partial charge >= 0.3 is 12.8 Å². The Bertz CT molecular complexity index is 74.9. The van der Waals surface area contributed by atoms with Gasteiger partial charge in [-0.15, -0.1) is 0 Å². The van der Waals surface area contributed by atoms with E-state index in [2.05, 4.69) is 4.74 Å². The average Bonchev–Trinajstić information content (AvgIpc) is 1.67. The normalized spacial score (nSPS) is 13.5. The lowest BCUT2D eigenvalue weighted by Crippen LogP contribution is -2.14. The van der Waals surface area contributed by atoms with E-state index in [-0.39, 0.29) is 6.47 Å². The number of hydrogen-bond donors (Lipinski definition) is 0. The molecule has 0 aromatic rings. The molecule has 0 N–H and O–H groups in total. The first kappa shape index (κ1) is 7.26. The van der Waals surface area contributed by atoms with Crippen LogP contribution in [0.4, 0.5) is 13.2 Å². The first-order valence-electron chi connectivity index (χ1n) is 1.70. The van der Waals surface area contributed by atoms with E-state index in [1.165, 1.54) is 0 Å². The summed E-state index contributed by atoms with van der Waals surface area (Å²) in [5, 5.41) is 0. The minimum Gasteiger partial charge on any atom is -0.427 e. The highest BCUT2D eigenvalue weighted by atomic mass is 19.3. The van der Waals surface area contributed by atoms with Crippen LogP contribution < -0.4 is 0 Å². The molecule has 0 radical (unpaired) electrons. The van der Waals surface area contributed by atoms with E-state index in [9.17, 15) is 13.2 Å². The molecule has 0 fully saturated rings. The highest BCUT2D eigenvalue weighted by Gasteiger charge is 2.18. The number of hydrogen-bond acceptors (Lipinski definition) is 2. The maximum Gasteiger partial charge on any atom is 0.304 e. The minimum atomic E-state index is -3.25. The molecule has 2 nitrogen and oxygen atoms in total. The number of halogens is 3. The maximum absolute atomic E-state index is 11.3. The van der Waals surface area contributed by atoms with Crippen LogP contribution in [0, 0.1) is 0 Å². The number of ether oxygens (including phenoxy) is 1. The Morgan fingerprint density at radius 1 is 1.38 bits per heavy atom. The van der Waals surface area contributed by atoms with Crippen molar-refractivity contribution >= 4 is 6.47 Å². The monoisotopic (exact) mass is 128 g/mol. The standard InChI is InChI=1S/C3H3F3O2/c4-2(5)3(6)8-1-7/h1-3H. The van der Waals surface area contributed by atoms with Gasteiger partial charge in [0.1, 0.15) is 0 Å². The van der Waals surface area contributed by atoms with Crippen LogP contribution in [0.25, 0.3) is 0 Å². The van der Waals surface area contributed by atoms with Crippen LogP contribution in [-0.2, 0) is 9.53 Å². The number of carbonyl (C=O) groups excluding carboxylic acids is 1. The summed E-state index contributed by atoms with van der Waals surface area (Å²) in [6.07, 6.45) is -6.03. The molecule has 0 aromatic carbocycles. The Hall–Kier alpha value is -0.740. The Labute approximate surface area is 43.2 Å². The molecule has 0 amide bonds. The van der Waals surface area contributed by atoms with Crippen molar-refractivity contribution in [1.29, 1.82) is 0 Å². The Morgan fingerprint density at radius 2 is 1.88 bits per heavy atom. The molecule has 1 unspecified atom stereocenters. The summed E-state index contributed by atoms with van der Waals surface area (Å²) in [6.45, 7) is -0.364. The molecule has 0 aliphatic heterocycles. The van der Waals surface area contributed by atoms with E-state index in [4.69, 9.17) is 4.79 Å². The molecule has 0 saturated carbocycles. The quantitative estimate of drug-likeness (QED) is 0.523. The highest BCUT2D eigenvalue weighted by Crippen LogP contribution is 2.04. The first-order valence-corrected chi connectivity index (χ1v) is 1.70. The van der Waals surface area contributed by atoms with Gasteiger partial charge in [0, 0.05) is 0 Å². The van der Waals surface area contributed by atoms with Crippen molar-refractivity contribution in [3.63, 3.8) is 0 Å².